The summed E-state index contributed by atoms with van der Waals surface area (Å²) in [4.78, 5) is 12.2. The minimum Gasteiger partial charge on any atom is -0.358 e. The molecule has 1 aliphatic carbocycles. The minimum absolute atomic E-state index is 0.190. The highest BCUT2D eigenvalue weighted by molar-refractivity contribution is 7.89. The topological polar surface area (TPSA) is 84.3 Å². The normalized spacial score (nSPS) is 24.0. The van der Waals surface area contributed by atoms with Crippen LogP contribution in [0.1, 0.15) is 44.6 Å². The number of likely N-dealkylation sites (N-methyl/N-ethyl adjacent to an activating group) is 1. The third-order valence-corrected chi connectivity index (χ3v) is 6.50. The molecule has 3 rings (SSSR count). The molecule has 0 radical (unpaired) electrons. The number of rotatable bonds is 4. The fourth-order valence-corrected chi connectivity index (χ4v) is 4.66. The third kappa shape index (κ3) is 2.65. The van der Waals surface area contributed by atoms with Gasteiger partial charge < -0.3 is 5.32 Å². The lowest BCUT2D eigenvalue weighted by molar-refractivity contribution is -0.125. The van der Waals surface area contributed by atoms with E-state index in [-0.39, 0.29) is 10.8 Å². The van der Waals surface area contributed by atoms with E-state index in [1.54, 1.807) is 10.9 Å². The van der Waals surface area contributed by atoms with Gasteiger partial charge in [-0.2, -0.15) is 9.40 Å². The Morgan fingerprint density at radius 2 is 2.05 bits per heavy atom. The first kappa shape index (κ1) is 15.5. The van der Waals surface area contributed by atoms with Gasteiger partial charge in [0, 0.05) is 19.8 Å². The van der Waals surface area contributed by atoms with Crippen molar-refractivity contribution in [2.75, 3.05) is 13.6 Å². The van der Waals surface area contributed by atoms with Crippen LogP contribution < -0.4 is 5.32 Å². The van der Waals surface area contributed by atoms with Crippen molar-refractivity contribution in [2.45, 2.75) is 55.5 Å². The number of hydrogen-bond acceptors (Lipinski definition) is 4. The van der Waals surface area contributed by atoms with Crippen LogP contribution in [0.15, 0.2) is 17.3 Å². The van der Waals surface area contributed by atoms with Gasteiger partial charge in [0.2, 0.25) is 15.9 Å². The summed E-state index contributed by atoms with van der Waals surface area (Å²) in [5.41, 5.74) is 0. The Morgan fingerprint density at radius 1 is 1.27 bits per heavy atom. The zero-order chi connectivity index (χ0) is 15.7. The van der Waals surface area contributed by atoms with Crippen LogP contribution in [0, 0.1) is 0 Å². The summed E-state index contributed by atoms with van der Waals surface area (Å²) in [6.45, 7) is 0.384. The van der Waals surface area contributed by atoms with Crippen molar-refractivity contribution in [3.8, 4) is 0 Å². The summed E-state index contributed by atoms with van der Waals surface area (Å²) < 4.78 is 28.8. The molecule has 122 valence electrons. The molecule has 1 aliphatic heterocycles. The second-order valence-electron chi connectivity index (χ2n) is 5.98. The lowest BCUT2D eigenvalue weighted by atomic mass is 9.93. The monoisotopic (exact) mass is 326 g/mol. The summed E-state index contributed by atoms with van der Waals surface area (Å²) in [5, 5.41) is 6.76. The molecular weight excluding hydrogens is 304 g/mol. The maximum atomic E-state index is 12.9. The second-order valence-corrected chi connectivity index (χ2v) is 7.87. The standard InChI is InChI=1S/C14H22N4O3S/c1-15-14(19)13-7-2-3-8-18(13)22(20,21)12-9-16-17(10-12)11-5-4-6-11/h9-11,13H,2-8H2,1H3,(H,15,19). The molecule has 1 saturated carbocycles. The van der Waals surface area contributed by atoms with Crippen molar-refractivity contribution in [3.05, 3.63) is 12.4 Å². The largest absolute Gasteiger partial charge is 0.358 e. The first-order chi connectivity index (χ1) is 10.5. The molecule has 2 heterocycles. The lowest BCUT2D eigenvalue weighted by Gasteiger charge is -2.33. The summed E-state index contributed by atoms with van der Waals surface area (Å²) in [6, 6.07) is -0.296. The summed E-state index contributed by atoms with van der Waals surface area (Å²) >= 11 is 0. The van der Waals surface area contributed by atoms with Gasteiger partial charge in [0.15, 0.2) is 0 Å². The molecule has 0 aromatic carbocycles. The van der Waals surface area contributed by atoms with Gasteiger partial charge in [-0.1, -0.05) is 6.42 Å². The van der Waals surface area contributed by atoms with Crippen LogP contribution in [-0.2, 0) is 14.8 Å². The lowest BCUT2D eigenvalue weighted by Crippen LogP contribution is -2.51. The first-order valence-corrected chi connectivity index (χ1v) is 9.25. The van der Waals surface area contributed by atoms with Crippen molar-refractivity contribution in [3.63, 3.8) is 0 Å². The van der Waals surface area contributed by atoms with Crippen molar-refractivity contribution >= 4 is 15.9 Å². The van der Waals surface area contributed by atoms with Gasteiger partial charge in [-0.15, -0.1) is 0 Å². The van der Waals surface area contributed by atoms with Crippen LogP contribution in [0.25, 0.3) is 0 Å². The van der Waals surface area contributed by atoms with Gasteiger partial charge in [-0.3, -0.25) is 9.48 Å². The Hall–Kier alpha value is -1.41. The van der Waals surface area contributed by atoms with Gasteiger partial charge in [0.1, 0.15) is 10.9 Å². The summed E-state index contributed by atoms with van der Waals surface area (Å²) in [5.74, 6) is -0.241. The van der Waals surface area contributed by atoms with Crippen LogP contribution in [0.2, 0.25) is 0 Å². The van der Waals surface area contributed by atoms with Crippen LogP contribution in [0.3, 0.4) is 0 Å². The van der Waals surface area contributed by atoms with Gasteiger partial charge in [0.25, 0.3) is 0 Å². The zero-order valence-electron chi connectivity index (χ0n) is 12.7. The van der Waals surface area contributed by atoms with Gasteiger partial charge in [0.05, 0.1) is 12.2 Å². The molecule has 1 N–H and O–H groups in total. The quantitative estimate of drug-likeness (QED) is 0.891. The maximum absolute atomic E-state index is 12.9. The number of aromatic nitrogens is 2. The predicted octanol–water partition coefficient (Wildman–Crippen LogP) is 0.897. The molecule has 1 amide bonds. The van der Waals surface area contributed by atoms with Gasteiger partial charge >= 0.3 is 0 Å². The average molecular weight is 326 g/mol. The van der Waals surface area contributed by atoms with Crippen LogP contribution >= 0.6 is 0 Å². The highest BCUT2D eigenvalue weighted by Crippen LogP contribution is 2.32. The maximum Gasteiger partial charge on any atom is 0.246 e. The number of carbonyl (C=O) groups is 1. The molecule has 22 heavy (non-hydrogen) atoms. The number of nitrogens with one attached hydrogen (secondary N) is 1. The molecule has 7 nitrogen and oxygen atoms in total. The smallest absolute Gasteiger partial charge is 0.246 e. The number of nitrogens with zero attached hydrogens (tertiary/aromatic N) is 3. The Labute approximate surface area is 130 Å². The van der Waals surface area contributed by atoms with E-state index < -0.39 is 16.1 Å². The second kappa shape index (κ2) is 6.00. The molecule has 0 spiro atoms. The van der Waals surface area contributed by atoms with Crippen molar-refractivity contribution in [2.24, 2.45) is 0 Å². The molecule has 2 aliphatic rings. The van der Waals surface area contributed by atoms with Crippen LogP contribution in [0.5, 0.6) is 0 Å². The number of carbonyl (C=O) groups excluding carboxylic acids is 1. The van der Waals surface area contributed by atoms with E-state index in [1.165, 1.54) is 17.5 Å². The zero-order valence-corrected chi connectivity index (χ0v) is 13.6. The highest BCUT2D eigenvalue weighted by Gasteiger charge is 2.38. The van der Waals surface area contributed by atoms with Gasteiger partial charge in [-0.05, 0) is 32.1 Å². The predicted molar refractivity (Wildman–Crippen MR) is 80.7 cm³/mol. The van der Waals surface area contributed by atoms with Crippen molar-refractivity contribution in [1.29, 1.82) is 0 Å². The molecule has 1 saturated heterocycles. The minimum atomic E-state index is -3.67. The number of piperidine rings is 1. The van der Waals surface area contributed by atoms with Crippen molar-refractivity contribution in [1.82, 2.24) is 19.4 Å². The first-order valence-electron chi connectivity index (χ1n) is 7.81. The Morgan fingerprint density at radius 3 is 2.68 bits per heavy atom. The van der Waals surface area contributed by atoms with E-state index in [9.17, 15) is 13.2 Å². The van der Waals surface area contributed by atoms with Crippen LogP contribution in [0.4, 0.5) is 0 Å². The molecular formula is C14H22N4O3S. The third-order valence-electron chi connectivity index (χ3n) is 4.64. The molecule has 0 bridgehead atoms. The molecule has 1 aromatic rings. The van der Waals surface area contributed by atoms with Crippen LogP contribution in [-0.4, -0.2) is 48.0 Å². The number of hydrogen-bond donors (Lipinski definition) is 1. The SMILES string of the molecule is CNC(=O)C1CCCCN1S(=O)(=O)c1cnn(C2CCC2)c1. The van der Waals surface area contributed by atoms with E-state index in [2.05, 4.69) is 10.4 Å². The Bertz CT molecular complexity index is 651. The molecule has 1 aromatic heterocycles. The molecule has 2 fully saturated rings. The summed E-state index contributed by atoms with van der Waals surface area (Å²) in [7, 11) is -2.14. The molecule has 8 heteroatoms. The fourth-order valence-electron chi connectivity index (χ4n) is 3.06. The number of amides is 1. The van der Waals surface area contributed by atoms with E-state index >= 15 is 0 Å². The summed E-state index contributed by atoms with van der Waals surface area (Å²) in [6.07, 6.45) is 8.48. The van der Waals surface area contributed by atoms with Crippen molar-refractivity contribution < 1.29 is 13.2 Å². The Kier molecular flexibility index (Phi) is 4.22. The highest BCUT2D eigenvalue weighted by atomic mass is 32.2. The number of sulfonamides is 1. The molecule has 1 atom stereocenters. The molecule has 1 unspecified atom stereocenters. The van der Waals surface area contributed by atoms with E-state index in [0.29, 0.717) is 19.0 Å². The van der Waals surface area contributed by atoms with E-state index in [4.69, 9.17) is 0 Å². The van der Waals surface area contributed by atoms with Gasteiger partial charge in [-0.25, -0.2) is 8.42 Å². The van der Waals surface area contributed by atoms with E-state index in [1.807, 2.05) is 0 Å². The average Bonchev–Trinajstić information content (AvgIpc) is 2.94. The fraction of sp³-hybridized carbons (Fsp3) is 0.714. The van der Waals surface area contributed by atoms with E-state index in [0.717, 1.165) is 32.1 Å². The Balaban J connectivity index is 1.86.